The Balaban J connectivity index is 2.22. The van der Waals surface area contributed by atoms with Crippen LogP contribution in [0.2, 0.25) is 0 Å². The van der Waals surface area contributed by atoms with Gasteiger partial charge in [0.15, 0.2) is 0 Å². The van der Waals surface area contributed by atoms with E-state index in [-0.39, 0.29) is 0 Å². The van der Waals surface area contributed by atoms with E-state index in [1.54, 1.807) is 0 Å². The van der Waals surface area contributed by atoms with E-state index in [2.05, 4.69) is 12.6 Å². The molecule has 2 atom stereocenters. The third-order valence-electron chi connectivity index (χ3n) is 2.12. The van der Waals surface area contributed by atoms with Crippen LogP contribution < -0.4 is 0 Å². The highest BCUT2D eigenvalue weighted by molar-refractivity contribution is 7.81. The van der Waals surface area contributed by atoms with Gasteiger partial charge in [-0.1, -0.05) is 6.42 Å². The van der Waals surface area contributed by atoms with E-state index in [4.69, 9.17) is 5.11 Å². The van der Waals surface area contributed by atoms with Crippen molar-refractivity contribution in [2.75, 3.05) is 6.61 Å². The van der Waals surface area contributed by atoms with Crippen molar-refractivity contribution in [1.29, 1.82) is 0 Å². The molecule has 0 amide bonds. The predicted octanol–water partition coefficient (Wildman–Crippen LogP) is 1.47. The first-order chi connectivity index (χ1) is 4.34. The largest absolute Gasteiger partial charge is 0.396 e. The average Bonchev–Trinajstić information content (AvgIpc) is 2.18. The van der Waals surface area contributed by atoms with Crippen molar-refractivity contribution in [1.82, 2.24) is 0 Å². The molecule has 1 saturated carbocycles. The third kappa shape index (κ3) is 1.87. The Kier molecular flexibility index (Phi) is 2.86. The fourth-order valence-corrected chi connectivity index (χ4v) is 2.00. The molecule has 1 rings (SSSR count). The fourth-order valence-electron chi connectivity index (χ4n) is 1.52. The van der Waals surface area contributed by atoms with Crippen LogP contribution >= 0.6 is 12.6 Å². The van der Waals surface area contributed by atoms with E-state index in [0.717, 1.165) is 6.42 Å². The highest BCUT2D eigenvalue weighted by Crippen LogP contribution is 2.31. The number of rotatable bonds is 2. The number of hydrogen-bond acceptors (Lipinski definition) is 2. The van der Waals surface area contributed by atoms with Crippen LogP contribution in [0.5, 0.6) is 0 Å². The molecule has 54 valence electrons. The maximum Gasteiger partial charge on any atom is 0.0434 e. The highest BCUT2D eigenvalue weighted by atomic mass is 32.1. The van der Waals surface area contributed by atoms with Crippen LogP contribution in [0.25, 0.3) is 0 Å². The summed E-state index contributed by atoms with van der Waals surface area (Å²) >= 11 is 4.41. The Morgan fingerprint density at radius 3 is 2.67 bits per heavy atom. The van der Waals surface area contributed by atoms with Gasteiger partial charge in [0.1, 0.15) is 0 Å². The highest BCUT2D eigenvalue weighted by Gasteiger charge is 2.22. The summed E-state index contributed by atoms with van der Waals surface area (Å²) in [7, 11) is 0. The van der Waals surface area contributed by atoms with Gasteiger partial charge in [0, 0.05) is 11.9 Å². The first-order valence-corrected chi connectivity index (χ1v) is 4.15. The number of aliphatic hydroxyl groups is 1. The molecular weight excluding hydrogens is 132 g/mol. The van der Waals surface area contributed by atoms with Crippen molar-refractivity contribution >= 4 is 12.6 Å². The summed E-state index contributed by atoms with van der Waals surface area (Å²) in [5, 5.41) is 9.18. The summed E-state index contributed by atoms with van der Waals surface area (Å²) in [5.41, 5.74) is 0. The molecule has 0 aromatic rings. The molecule has 2 unspecified atom stereocenters. The molecule has 2 heteroatoms. The summed E-state index contributed by atoms with van der Waals surface area (Å²) in [6.45, 7) is 0.335. The van der Waals surface area contributed by atoms with Gasteiger partial charge in [0.05, 0.1) is 0 Å². The van der Waals surface area contributed by atoms with Gasteiger partial charge in [-0.15, -0.1) is 0 Å². The van der Waals surface area contributed by atoms with Gasteiger partial charge in [0.25, 0.3) is 0 Å². The predicted molar refractivity (Wildman–Crippen MR) is 41.8 cm³/mol. The van der Waals surface area contributed by atoms with Gasteiger partial charge in [-0.25, -0.2) is 0 Å². The van der Waals surface area contributed by atoms with Crippen LogP contribution in [0.3, 0.4) is 0 Å². The van der Waals surface area contributed by atoms with Crippen molar-refractivity contribution in [3.63, 3.8) is 0 Å². The minimum Gasteiger partial charge on any atom is -0.396 e. The Morgan fingerprint density at radius 2 is 2.22 bits per heavy atom. The Morgan fingerprint density at radius 1 is 1.44 bits per heavy atom. The average molecular weight is 146 g/mol. The smallest absolute Gasteiger partial charge is 0.0434 e. The lowest BCUT2D eigenvalue weighted by Gasteiger charge is -2.11. The second-order valence-electron chi connectivity index (χ2n) is 2.77. The van der Waals surface area contributed by atoms with E-state index in [1.165, 1.54) is 19.3 Å². The molecule has 0 heterocycles. The first-order valence-electron chi connectivity index (χ1n) is 3.63. The zero-order valence-electron chi connectivity index (χ0n) is 5.58. The monoisotopic (exact) mass is 146 g/mol. The molecule has 0 bridgehead atoms. The Bertz CT molecular complexity index is 85.0. The second-order valence-corrected chi connectivity index (χ2v) is 3.43. The van der Waals surface area contributed by atoms with Crippen LogP contribution in [0.15, 0.2) is 0 Å². The van der Waals surface area contributed by atoms with Crippen molar-refractivity contribution in [3.8, 4) is 0 Å². The molecule has 1 N–H and O–H groups in total. The number of hydrogen-bond donors (Lipinski definition) is 2. The third-order valence-corrected chi connectivity index (χ3v) is 2.80. The molecule has 1 aliphatic rings. The topological polar surface area (TPSA) is 20.2 Å². The standard InChI is InChI=1S/C7H14OS/c8-5-4-6-2-1-3-7(6)9/h6-9H,1-5H2. The van der Waals surface area contributed by atoms with E-state index >= 15 is 0 Å². The molecule has 0 saturated heterocycles. The first kappa shape index (κ1) is 7.42. The van der Waals surface area contributed by atoms with Crippen molar-refractivity contribution in [3.05, 3.63) is 0 Å². The van der Waals surface area contributed by atoms with Gasteiger partial charge >= 0.3 is 0 Å². The van der Waals surface area contributed by atoms with Crippen molar-refractivity contribution in [2.24, 2.45) is 5.92 Å². The van der Waals surface area contributed by atoms with Gasteiger partial charge in [-0.05, 0) is 25.2 Å². The zero-order chi connectivity index (χ0) is 6.69. The number of aliphatic hydroxyl groups excluding tert-OH is 1. The van der Waals surface area contributed by atoms with Gasteiger partial charge < -0.3 is 5.11 Å². The lowest BCUT2D eigenvalue weighted by Crippen LogP contribution is -2.08. The molecule has 0 aromatic heterocycles. The minimum atomic E-state index is 0.335. The number of thiol groups is 1. The molecule has 0 spiro atoms. The molecule has 1 fully saturated rings. The Labute approximate surface area is 61.9 Å². The normalized spacial score (nSPS) is 35.3. The summed E-state index contributed by atoms with van der Waals surface area (Å²) < 4.78 is 0. The maximum atomic E-state index is 8.61. The van der Waals surface area contributed by atoms with Crippen LogP contribution in [0.4, 0.5) is 0 Å². The van der Waals surface area contributed by atoms with E-state index < -0.39 is 0 Å². The molecule has 0 aliphatic heterocycles. The SMILES string of the molecule is OCCC1CCCC1S. The summed E-state index contributed by atoms with van der Waals surface area (Å²) in [6.07, 6.45) is 4.77. The maximum absolute atomic E-state index is 8.61. The van der Waals surface area contributed by atoms with Gasteiger partial charge in [-0.3, -0.25) is 0 Å². The van der Waals surface area contributed by atoms with Crippen LogP contribution in [-0.2, 0) is 0 Å². The summed E-state index contributed by atoms with van der Waals surface area (Å²) in [5.74, 6) is 0.693. The van der Waals surface area contributed by atoms with E-state index in [1.807, 2.05) is 0 Å². The summed E-state index contributed by atoms with van der Waals surface area (Å²) in [4.78, 5) is 0. The lowest BCUT2D eigenvalue weighted by molar-refractivity contribution is 0.260. The second kappa shape index (κ2) is 3.47. The van der Waals surface area contributed by atoms with E-state index in [9.17, 15) is 0 Å². The molecule has 1 nitrogen and oxygen atoms in total. The van der Waals surface area contributed by atoms with Crippen molar-refractivity contribution < 1.29 is 5.11 Å². The quantitative estimate of drug-likeness (QED) is 0.565. The molecule has 9 heavy (non-hydrogen) atoms. The molecule has 0 radical (unpaired) electrons. The lowest BCUT2D eigenvalue weighted by atomic mass is 10.1. The minimum absolute atomic E-state index is 0.335. The van der Waals surface area contributed by atoms with Crippen LogP contribution in [0, 0.1) is 5.92 Å². The van der Waals surface area contributed by atoms with Gasteiger partial charge in [-0.2, -0.15) is 12.6 Å². The molecule has 0 aromatic carbocycles. The van der Waals surface area contributed by atoms with Gasteiger partial charge in [0.2, 0.25) is 0 Å². The Hall–Kier alpha value is 0.310. The van der Waals surface area contributed by atoms with Crippen LogP contribution in [0.1, 0.15) is 25.7 Å². The molecular formula is C7H14OS. The van der Waals surface area contributed by atoms with Crippen molar-refractivity contribution in [2.45, 2.75) is 30.9 Å². The van der Waals surface area contributed by atoms with E-state index in [0.29, 0.717) is 17.8 Å². The van der Waals surface area contributed by atoms with Crippen LogP contribution in [-0.4, -0.2) is 17.0 Å². The summed E-state index contributed by atoms with van der Waals surface area (Å²) in [6, 6.07) is 0. The zero-order valence-corrected chi connectivity index (χ0v) is 6.48. The molecule has 1 aliphatic carbocycles. The fraction of sp³-hybridized carbons (Fsp3) is 1.00.